The van der Waals surface area contributed by atoms with Gasteiger partial charge in [0, 0.05) is 48.1 Å². The van der Waals surface area contributed by atoms with E-state index < -0.39 is 11.4 Å². The number of aromatic amines is 1. The maximum Gasteiger partial charge on any atom is 0.265 e. The van der Waals surface area contributed by atoms with Crippen molar-refractivity contribution in [2.24, 2.45) is 0 Å². The first-order chi connectivity index (χ1) is 20.8. The summed E-state index contributed by atoms with van der Waals surface area (Å²) in [4.78, 5) is 40.0. The number of H-pyrrole nitrogens is 1. The molecule has 3 heterocycles. The standard InChI is InChI=1S/C34H28FN5O3/c1-39(2)33(42)22-6-3-5-20(13-22)28-16-25-31(36-18-37-32(25)38-28)24-7-4-8-29(26(24)17-41)40-12-11-21-14-23(19-9-10-19)15-27(35)30(21)34(40)43/h3-8,11-16,18-19,41H,9-10,17H2,1-2H3,(H,36,37,38). The van der Waals surface area contributed by atoms with Gasteiger partial charge in [-0.3, -0.25) is 14.2 Å². The van der Waals surface area contributed by atoms with Gasteiger partial charge in [0.05, 0.1) is 23.4 Å². The maximum atomic E-state index is 15.2. The zero-order valence-electron chi connectivity index (χ0n) is 23.6. The number of hydrogen-bond acceptors (Lipinski definition) is 5. The molecule has 43 heavy (non-hydrogen) atoms. The minimum atomic E-state index is -0.533. The number of nitrogens with one attached hydrogen (secondary N) is 1. The van der Waals surface area contributed by atoms with Gasteiger partial charge in [0.1, 0.15) is 17.8 Å². The van der Waals surface area contributed by atoms with Gasteiger partial charge in [0.25, 0.3) is 11.5 Å². The first-order valence-electron chi connectivity index (χ1n) is 14.1. The molecule has 0 aliphatic heterocycles. The summed E-state index contributed by atoms with van der Waals surface area (Å²) in [6, 6.07) is 19.7. The van der Waals surface area contributed by atoms with Crippen LogP contribution in [0.25, 0.3) is 50.0 Å². The van der Waals surface area contributed by atoms with Crippen LogP contribution >= 0.6 is 0 Å². The van der Waals surface area contributed by atoms with E-state index in [0.29, 0.717) is 50.4 Å². The summed E-state index contributed by atoms with van der Waals surface area (Å²) < 4.78 is 16.6. The molecular formula is C34H28FN5O3. The molecule has 1 aliphatic rings. The van der Waals surface area contributed by atoms with Crippen LogP contribution in [0.2, 0.25) is 0 Å². The number of aliphatic hydroxyl groups is 1. The van der Waals surface area contributed by atoms with E-state index >= 15 is 4.39 Å². The lowest BCUT2D eigenvalue weighted by atomic mass is 9.99. The van der Waals surface area contributed by atoms with Gasteiger partial charge in [-0.05, 0) is 71.7 Å². The van der Waals surface area contributed by atoms with E-state index in [1.165, 1.54) is 21.9 Å². The Morgan fingerprint density at radius 1 is 1.07 bits per heavy atom. The Labute approximate surface area is 246 Å². The third-order valence-corrected chi connectivity index (χ3v) is 8.10. The van der Waals surface area contributed by atoms with Crippen molar-refractivity contribution >= 4 is 27.7 Å². The van der Waals surface area contributed by atoms with E-state index in [1.807, 2.05) is 36.4 Å². The van der Waals surface area contributed by atoms with E-state index in [0.717, 1.165) is 29.7 Å². The number of nitrogens with zero attached hydrogens (tertiary/aromatic N) is 4. The molecule has 7 rings (SSSR count). The van der Waals surface area contributed by atoms with Crippen LogP contribution in [0.5, 0.6) is 0 Å². The number of hydrogen-bond donors (Lipinski definition) is 2. The Bertz CT molecular complexity index is 2130. The van der Waals surface area contributed by atoms with E-state index in [2.05, 4.69) is 15.0 Å². The van der Waals surface area contributed by atoms with Crippen molar-refractivity contribution in [3.05, 3.63) is 112 Å². The summed E-state index contributed by atoms with van der Waals surface area (Å²) in [5.74, 6) is -0.272. The van der Waals surface area contributed by atoms with E-state index in [-0.39, 0.29) is 17.9 Å². The molecule has 8 nitrogen and oxygen atoms in total. The Hall–Kier alpha value is -5.15. The summed E-state index contributed by atoms with van der Waals surface area (Å²) in [6.07, 6.45) is 5.14. The van der Waals surface area contributed by atoms with Crippen LogP contribution in [0, 0.1) is 5.82 Å². The number of pyridine rings is 1. The van der Waals surface area contributed by atoms with Crippen LogP contribution in [0.3, 0.4) is 0 Å². The molecule has 0 radical (unpaired) electrons. The quantitative estimate of drug-likeness (QED) is 0.262. The van der Waals surface area contributed by atoms with Crippen molar-refractivity contribution < 1.29 is 14.3 Å². The van der Waals surface area contributed by atoms with E-state index in [9.17, 15) is 14.7 Å². The third-order valence-electron chi connectivity index (χ3n) is 8.10. The van der Waals surface area contributed by atoms with E-state index in [1.54, 1.807) is 44.6 Å². The Balaban J connectivity index is 1.35. The molecule has 3 aromatic heterocycles. The summed E-state index contributed by atoms with van der Waals surface area (Å²) in [5, 5.41) is 11.9. The van der Waals surface area contributed by atoms with Crippen molar-refractivity contribution in [2.45, 2.75) is 25.4 Å². The zero-order chi connectivity index (χ0) is 29.8. The van der Waals surface area contributed by atoms with Crippen LogP contribution < -0.4 is 5.56 Å². The smallest absolute Gasteiger partial charge is 0.265 e. The van der Waals surface area contributed by atoms with Crippen LogP contribution in [0.4, 0.5) is 4.39 Å². The molecule has 0 bridgehead atoms. The first kappa shape index (κ1) is 26.7. The number of benzene rings is 3. The largest absolute Gasteiger partial charge is 0.392 e. The fraction of sp³-hybridized carbons (Fsp3) is 0.176. The Kier molecular flexibility index (Phi) is 6.40. The van der Waals surface area contributed by atoms with Crippen LogP contribution in [-0.2, 0) is 6.61 Å². The molecule has 1 fully saturated rings. The highest BCUT2D eigenvalue weighted by atomic mass is 19.1. The second kappa shape index (κ2) is 10.3. The molecule has 1 saturated carbocycles. The number of carbonyl (C=O) groups is 1. The molecule has 0 spiro atoms. The average Bonchev–Trinajstić information content (AvgIpc) is 3.78. The van der Waals surface area contributed by atoms with Crippen LogP contribution in [-0.4, -0.2) is 49.5 Å². The predicted octanol–water partition coefficient (Wildman–Crippen LogP) is 5.81. The lowest BCUT2D eigenvalue weighted by Gasteiger charge is -2.16. The number of carbonyl (C=O) groups excluding carboxylic acids is 1. The number of halogens is 1. The van der Waals surface area contributed by atoms with Crippen LogP contribution in [0.15, 0.2) is 84.0 Å². The maximum absolute atomic E-state index is 15.2. The van der Waals surface area contributed by atoms with Crippen molar-refractivity contribution in [3.63, 3.8) is 0 Å². The molecule has 0 saturated heterocycles. The second-order valence-corrected chi connectivity index (χ2v) is 11.1. The monoisotopic (exact) mass is 573 g/mol. The highest BCUT2D eigenvalue weighted by molar-refractivity contribution is 5.97. The summed E-state index contributed by atoms with van der Waals surface area (Å²) >= 11 is 0. The molecule has 6 aromatic rings. The van der Waals surface area contributed by atoms with Gasteiger partial charge in [-0.2, -0.15) is 0 Å². The third kappa shape index (κ3) is 4.58. The van der Waals surface area contributed by atoms with Crippen LogP contribution in [0.1, 0.15) is 40.2 Å². The van der Waals surface area contributed by atoms with Gasteiger partial charge in [-0.25, -0.2) is 14.4 Å². The average molecular weight is 574 g/mol. The fourth-order valence-corrected chi connectivity index (χ4v) is 5.77. The normalized spacial score (nSPS) is 13.1. The number of amides is 1. The van der Waals surface area contributed by atoms with Gasteiger partial charge in [0.15, 0.2) is 0 Å². The molecule has 0 atom stereocenters. The Morgan fingerprint density at radius 3 is 2.65 bits per heavy atom. The number of aliphatic hydroxyl groups excluding tert-OH is 1. The predicted molar refractivity (Wildman–Crippen MR) is 164 cm³/mol. The molecule has 9 heteroatoms. The highest BCUT2D eigenvalue weighted by Gasteiger charge is 2.25. The minimum Gasteiger partial charge on any atom is -0.392 e. The SMILES string of the molecule is CN(C)C(=O)c1cccc(-c2cc3c(-c4cccc(-n5ccc6cc(C7CC7)cc(F)c6c5=O)c4CO)ncnc3[nH]2)c1. The van der Waals surface area contributed by atoms with Crippen molar-refractivity contribution in [2.75, 3.05) is 14.1 Å². The molecule has 0 unspecified atom stereocenters. The molecule has 214 valence electrons. The summed E-state index contributed by atoms with van der Waals surface area (Å²) in [6.45, 7) is -0.378. The lowest BCUT2D eigenvalue weighted by Crippen LogP contribution is -2.21. The second-order valence-electron chi connectivity index (χ2n) is 11.1. The van der Waals surface area contributed by atoms with Gasteiger partial charge in [0.2, 0.25) is 0 Å². The van der Waals surface area contributed by atoms with Gasteiger partial charge in [-0.1, -0.05) is 30.3 Å². The Morgan fingerprint density at radius 2 is 1.88 bits per heavy atom. The molecule has 1 amide bonds. The lowest BCUT2D eigenvalue weighted by molar-refractivity contribution is 0.0827. The number of aromatic nitrogens is 4. The van der Waals surface area contributed by atoms with Crippen molar-refractivity contribution in [1.29, 1.82) is 0 Å². The highest BCUT2D eigenvalue weighted by Crippen LogP contribution is 2.41. The first-order valence-corrected chi connectivity index (χ1v) is 14.1. The summed E-state index contributed by atoms with van der Waals surface area (Å²) in [7, 11) is 3.42. The molecule has 1 aliphatic carbocycles. The zero-order valence-corrected chi connectivity index (χ0v) is 23.6. The molecule has 3 aromatic carbocycles. The summed E-state index contributed by atoms with van der Waals surface area (Å²) in [5.41, 5.74) is 5.22. The van der Waals surface area contributed by atoms with E-state index in [4.69, 9.17) is 0 Å². The van der Waals surface area contributed by atoms with Gasteiger partial charge < -0.3 is 15.0 Å². The van der Waals surface area contributed by atoms with Crippen molar-refractivity contribution in [1.82, 2.24) is 24.4 Å². The topological polar surface area (TPSA) is 104 Å². The fourth-order valence-electron chi connectivity index (χ4n) is 5.77. The van der Waals surface area contributed by atoms with Gasteiger partial charge in [-0.15, -0.1) is 0 Å². The van der Waals surface area contributed by atoms with Crippen molar-refractivity contribution in [3.8, 4) is 28.2 Å². The molecule has 2 N–H and O–H groups in total. The number of fused-ring (bicyclic) bond motifs is 2. The number of rotatable bonds is 6. The molecular weight excluding hydrogens is 545 g/mol. The minimum absolute atomic E-state index is 0.0240. The van der Waals surface area contributed by atoms with Gasteiger partial charge >= 0.3 is 0 Å².